The van der Waals surface area contributed by atoms with Crippen LogP contribution in [0.2, 0.25) is 0 Å². The minimum Gasteiger partial charge on any atom is -0.310 e. The van der Waals surface area contributed by atoms with E-state index in [2.05, 4.69) is 216 Å². The maximum atomic E-state index is 2.43. The van der Waals surface area contributed by atoms with E-state index in [1.54, 1.807) is 0 Å². The number of aromatic nitrogens is 1. The quantitative estimate of drug-likeness (QED) is 0.166. The van der Waals surface area contributed by atoms with Gasteiger partial charge in [-0.15, -0.1) is 11.3 Å². The van der Waals surface area contributed by atoms with Gasteiger partial charge in [-0.1, -0.05) is 140 Å². The van der Waals surface area contributed by atoms with Crippen LogP contribution in [-0.4, -0.2) is 4.57 Å². The molecule has 0 fully saturated rings. The van der Waals surface area contributed by atoms with Crippen LogP contribution in [0.15, 0.2) is 206 Å². The molecule has 0 N–H and O–H groups in total. The van der Waals surface area contributed by atoms with Crippen LogP contribution in [0.4, 0.5) is 17.1 Å². The molecule has 0 aliphatic carbocycles. The van der Waals surface area contributed by atoms with Crippen molar-refractivity contribution in [2.24, 2.45) is 0 Å². The Bertz CT molecular complexity index is 3180. The summed E-state index contributed by atoms with van der Waals surface area (Å²) in [6.07, 6.45) is 0. The second kappa shape index (κ2) is 12.9. The van der Waals surface area contributed by atoms with Crippen LogP contribution < -0.4 is 4.90 Å². The molecule has 0 unspecified atom stereocenters. The van der Waals surface area contributed by atoms with E-state index in [0.29, 0.717) is 0 Å². The van der Waals surface area contributed by atoms with Gasteiger partial charge in [-0.3, -0.25) is 0 Å². The normalized spacial score (nSPS) is 11.6. The van der Waals surface area contributed by atoms with E-state index in [9.17, 15) is 0 Å². The van der Waals surface area contributed by atoms with Crippen LogP contribution in [0.5, 0.6) is 0 Å². The molecule has 2 nitrogen and oxygen atoms in total. The number of hydrogen-bond acceptors (Lipinski definition) is 2. The van der Waals surface area contributed by atoms with Gasteiger partial charge in [0.05, 0.1) is 16.7 Å². The highest BCUT2D eigenvalue weighted by Gasteiger charge is 2.20. The van der Waals surface area contributed by atoms with Crippen molar-refractivity contribution in [2.75, 3.05) is 4.90 Å². The third-order valence-corrected chi connectivity index (χ3v) is 12.2. The molecule has 55 heavy (non-hydrogen) atoms. The molecule has 2 heterocycles. The van der Waals surface area contributed by atoms with Crippen molar-refractivity contribution in [1.82, 2.24) is 4.57 Å². The highest BCUT2D eigenvalue weighted by atomic mass is 32.1. The summed E-state index contributed by atoms with van der Waals surface area (Å²) < 4.78 is 5.00. The predicted molar refractivity (Wildman–Crippen MR) is 237 cm³/mol. The summed E-state index contributed by atoms with van der Waals surface area (Å²) in [7, 11) is 0. The van der Waals surface area contributed by atoms with Gasteiger partial charge in [0.25, 0.3) is 0 Å². The van der Waals surface area contributed by atoms with Gasteiger partial charge in [-0.2, -0.15) is 0 Å². The van der Waals surface area contributed by atoms with Crippen molar-refractivity contribution in [3.63, 3.8) is 0 Å². The van der Waals surface area contributed by atoms with Gasteiger partial charge >= 0.3 is 0 Å². The molecule has 0 aliphatic heterocycles. The highest BCUT2D eigenvalue weighted by molar-refractivity contribution is 7.26. The van der Waals surface area contributed by atoms with E-state index in [4.69, 9.17) is 0 Å². The Labute approximate surface area is 323 Å². The lowest BCUT2D eigenvalue weighted by Crippen LogP contribution is -2.10. The number of anilines is 3. The Morgan fingerprint density at radius 2 is 0.982 bits per heavy atom. The van der Waals surface area contributed by atoms with E-state index < -0.39 is 0 Å². The second-order valence-electron chi connectivity index (χ2n) is 14.1. The van der Waals surface area contributed by atoms with Crippen LogP contribution in [0, 0.1) is 0 Å². The first-order valence-corrected chi connectivity index (χ1v) is 19.6. The van der Waals surface area contributed by atoms with E-state index >= 15 is 0 Å². The lowest BCUT2D eigenvalue weighted by atomic mass is 10.0. The highest BCUT2D eigenvalue weighted by Crippen LogP contribution is 2.46. The number of nitrogens with zero attached hydrogens (tertiary/aromatic N) is 2. The first-order valence-electron chi connectivity index (χ1n) is 18.8. The molecule has 0 atom stereocenters. The molecule has 0 saturated carbocycles. The largest absolute Gasteiger partial charge is 0.310 e. The van der Waals surface area contributed by atoms with Crippen LogP contribution in [-0.2, 0) is 0 Å². The van der Waals surface area contributed by atoms with Gasteiger partial charge in [0.2, 0.25) is 0 Å². The first-order chi connectivity index (χ1) is 27.3. The van der Waals surface area contributed by atoms with Gasteiger partial charge in [0.15, 0.2) is 0 Å². The van der Waals surface area contributed by atoms with E-state index in [0.717, 1.165) is 11.4 Å². The van der Waals surface area contributed by atoms with E-state index in [1.165, 1.54) is 86.4 Å². The zero-order chi connectivity index (χ0) is 36.3. The van der Waals surface area contributed by atoms with Crippen molar-refractivity contribution in [2.45, 2.75) is 0 Å². The number of hydrogen-bond donors (Lipinski definition) is 0. The molecule has 0 amide bonds. The Balaban J connectivity index is 1.06. The average Bonchev–Trinajstić information content (AvgIpc) is 3.81. The number of para-hydroxylation sites is 2. The van der Waals surface area contributed by atoms with Crippen LogP contribution in [0.3, 0.4) is 0 Å². The van der Waals surface area contributed by atoms with Crippen molar-refractivity contribution < 1.29 is 0 Å². The fourth-order valence-electron chi connectivity index (χ4n) is 8.39. The molecular weight excluding hydrogens is 685 g/mol. The summed E-state index contributed by atoms with van der Waals surface area (Å²) in [5.41, 5.74) is 11.8. The SMILES string of the molecule is c1ccc(-c2ccc(N(c3ccc(-c4ccc5c(c4)c4ccccc4n5-c4ccccc4)cc3)c3cccc4ccc5c6ccccc6sc5c34)cc2)cc1. The first kappa shape index (κ1) is 31.6. The predicted octanol–water partition coefficient (Wildman–Crippen LogP) is 15.1. The fourth-order valence-corrected chi connectivity index (χ4v) is 9.66. The van der Waals surface area contributed by atoms with Crippen molar-refractivity contribution in [3.8, 4) is 27.9 Å². The Kier molecular flexibility index (Phi) is 7.39. The Morgan fingerprint density at radius 1 is 0.382 bits per heavy atom. The summed E-state index contributed by atoms with van der Waals surface area (Å²) >= 11 is 1.89. The zero-order valence-electron chi connectivity index (χ0n) is 29.9. The molecule has 9 aromatic carbocycles. The minimum absolute atomic E-state index is 1.11. The number of benzene rings is 9. The summed E-state index contributed by atoms with van der Waals surface area (Å²) in [4.78, 5) is 2.43. The average molecular weight is 719 g/mol. The number of rotatable bonds is 6. The third-order valence-electron chi connectivity index (χ3n) is 11.0. The maximum absolute atomic E-state index is 2.43. The van der Waals surface area contributed by atoms with E-state index in [1.807, 2.05) is 11.3 Å². The smallest absolute Gasteiger partial charge is 0.0554 e. The molecule has 0 bridgehead atoms. The standard InChI is InChI=1S/C52H34N2S/c1-3-12-35(13-4-1)36-22-28-41(29-23-36)53(49-20-11-14-38-26-32-45-44-18-8-10-21-50(44)55-52(45)51(38)49)42-30-24-37(25-31-42)39-27-33-48-46(34-39)43-17-7-9-19-47(43)54(48)40-15-5-2-6-16-40/h1-34H. The molecule has 2 aromatic heterocycles. The Hall–Kier alpha value is -6.94. The molecule has 0 spiro atoms. The minimum atomic E-state index is 1.11. The summed E-state index contributed by atoms with van der Waals surface area (Å²) in [5, 5.41) is 7.64. The molecule has 11 rings (SSSR count). The second-order valence-corrected chi connectivity index (χ2v) is 15.2. The van der Waals surface area contributed by atoms with Crippen molar-refractivity contribution in [1.29, 1.82) is 0 Å². The molecule has 0 aliphatic rings. The lowest BCUT2D eigenvalue weighted by molar-refractivity contribution is 1.18. The third kappa shape index (κ3) is 5.24. The summed E-state index contributed by atoms with van der Waals surface area (Å²) in [6.45, 7) is 0. The van der Waals surface area contributed by atoms with Crippen LogP contribution >= 0.6 is 11.3 Å². The lowest BCUT2D eigenvalue weighted by Gasteiger charge is -2.27. The molecule has 0 saturated heterocycles. The monoisotopic (exact) mass is 718 g/mol. The summed E-state index contributed by atoms with van der Waals surface area (Å²) in [6, 6.07) is 75.1. The molecular formula is C52H34N2S. The molecule has 0 radical (unpaired) electrons. The van der Waals surface area contributed by atoms with Crippen LogP contribution in [0.25, 0.3) is 80.7 Å². The van der Waals surface area contributed by atoms with Gasteiger partial charge in [0, 0.05) is 53.4 Å². The van der Waals surface area contributed by atoms with Gasteiger partial charge in [-0.25, -0.2) is 0 Å². The van der Waals surface area contributed by atoms with Crippen LogP contribution in [0.1, 0.15) is 0 Å². The maximum Gasteiger partial charge on any atom is 0.0554 e. The zero-order valence-corrected chi connectivity index (χ0v) is 30.7. The molecule has 258 valence electrons. The summed E-state index contributed by atoms with van der Waals surface area (Å²) in [5.74, 6) is 0. The van der Waals surface area contributed by atoms with Gasteiger partial charge < -0.3 is 9.47 Å². The van der Waals surface area contributed by atoms with Crippen molar-refractivity contribution >= 4 is 81.1 Å². The Morgan fingerprint density at radius 3 is 1.75 bits per heavy atom. The van der Waals surface area contributed by atoms with E-state index in [-0.39, 0.29) is 0 Å². The van der Waals surface area contributed by atoms with Gasteiger partial charge in [0.1, 0.15) is 0 Å². The molecule has 11 aromatic rings. The molecule has 3 heteroatoms. The number of thiophene rings is 1. The van der Waals surface area contributed by atoms with Gasteiger partial charge in [-0.05, 0) is 94.4 Å². The van der Waals surface area contributed by atoms with Crippen molar-refractivity contribution in [3.05, 3.63) is 206 Å². The number of fused-ring (bicyclic) bond motifs is 8. The topological polar surface area (TPSA) is 8.17 Å². The fraction of sp³-hybridized carbons (Fsp3) is 0.